The van der Waals surface area contributed by atoms with Crippen LogP contribution in [0.4, 0.5) is 5.82 Å². The van der Waals surface area contributed by atoms with Gasteiger partial charge in [-0.2, -0.15) is 0 Å². The van der Waals surface area contributed by atoms with Crippen LogP contribution >= 0.6 is 0 Å². The van der Waals surface area contributed by atoms with Crippen LogP contribution in [0.15, 0.2) is 47.5 Å². The van der Waals surface area contributed by atoms with Crippen molar-refractivity contribution >= 4 is 21.6 Å². The molecule has 6 nitrogen and oxygen atoms in total. The molecule has 0 bridgehead atoms. The zero-order chi connectivity index (χ0) is 18.7. The summed E-state index contributed by atoms with van der Waals surface area (Å²) in [5.74, 6) is 0.702. The number of sulfone groups is 1. The Bertz CT molecular complexity index is 871. The van der Waals surface area contributed by atoms with E-state index in [4.69, 9.17) is 0 Å². The number of rotatable bonds is 5. The molecule has 1 amide bonds. The van der Waals surface area contributed by atoms with E-state index >= 15 is 0 Å². The van der Waals surface area contributed by atoms with Crippen LogP contribution in [0.5, 0.6) is 0 Å². The van der Waals surface area contributed by atoms with Gasteiger partial charge in [0.15, 0.2) is 9.84 Å². The number of nitrogens with zero attached hydrogens (tertiary/aromatic N) is 2. The van der Waals surface area contributed by atoms with Crippen molar-refractivity contribution in [2.75, 3.05) is 24.2 Å². The van der Waals surface area contributed by atoms with E-state index < -0.39 is 9.84 Å². The molecule has 0 unspecified atom stereocenters. The number of carbonyl (C=O) groups excluding carboxylic acids is 1. The maximum atomic E-state index is 12.4. The van der Waals surface area contributed by atoms with Gasteiger partial charge in [0.05, 0.1) is 16.5 Å². The van der Waals surface area contributed by atoms with E-state index in [1.54, 1.807) is 36.5 Å². The number of hydrogen-bond donors (Lipinski definition) is 1. The number of pyridine rings is 1. The van der Waals surface area contributed by atoms with Crippen molar-refractivity contribution < 1.29 is 13.2 Å². The zero-order valence-electron chi connectivity index (χ0n) is 15.0. The molecule has 1 N–H and O–H groups in total. The van der Waals surface area contributed by atoms with E-state index in [2.05, 4.69) is 15.2 Å². The molecule has 1 fully saturated rings. The lowest BCUT2D eigenvalue weighted by Crippen LogP contribution is -2.27. The van der Waals surface area contributed by atoms with Gasteiger partial charge in [0.25, 0.3) is 5.91 Å². The van der Waals surface area contributed by atoms with Crippen LogP contribution in [0.3, 0.4) is 0 Å². The summed E-state index contributed by atoms with van der Waals surface area (Å²) in [6, 6.07) is 9.97. The van der Waals surface area contributed by atoms with Crippen molar-refractivity contribution in [1.82, 2.24) is 10.3 Å². The molecular weight excluding hydrogens is 350 g/mol. The van der Waals surface area contributed by atoms with E-state index in [0.29, 0.717) is 5.56 Å². The molecule has 2 heterocycles. The van der Waals surface area contributed by atoms with Gasteiger partial charge in [-0.1, -0.05) is 12.1 Å². The van der Waals surface area contributed by atoms with Gasteiger partial charge in [0.2, 0.25) is 0 Å². The standard InChI is InChI=1S/C19H23N3O3S/c1-14(15-5-8-17(9-6-15)26(2,24)25)21-19(23)16-7-10-18(20-13-16)22-11-3-4-12-22/h5-10,13-14H,3-4,11-12H2,1-2H3,(H,21,23)/t14-/m1/s1. The van der Waals surface area contributed by atoms with Crippen LogP contribution in [0, 0.1) is 0 Å². The van der Waals surface area contributed by atoms with Gasteiger partial charge in [0, 0.05) is 25.5 Å². The first-order valence-corrected chi connectivity index (χ1v) is 10.6. The predicted octanol–water partition coefficient (Wildman–Crippen LogP) is 2.58. The topological polar surface area (TPSA) is 79.4 Å². The predicted molar refractivity (Wildman–Crippen MR) is 101 cm³/mol. The minimum absolute atomic E-state index is 0.204. The average molecular weight is 373 g/mol. The molecule has 1 aliphatic rings. The number of carbonyl (C=O) groups is 1. The van der Waals surface area contributed by atoms with E-state index in [1.807, 2.05) is 13.0 Å². The van der Waals surface area contributed by atoms with Gasteiger partial charge >= 0.3 is 0 Å². The molecule has 7 heteroatoms. The fourth-order valence-electron chi connectivity index (χ4n) is 3.02. The molecule has 26 heavy (non-hydrogen) atoms. The highest BCUT2D eigenvalue weighted by Crippen LogP contribution is 2.19. The maximum absolute atomic E-state index is 12.4. The number of aromatic nitrogens is 1. The Morgan fingerprint density at radius 1 is 1.12 bits per heavy atom. The molecule has 2 aromatic rings. The summed E-state index contributed by atoms with van der Waals surface area (Å²) >= 11 is 0. The van der Waals surface area contributed by atoms with E-state index in [1.165, 1.54) is 19.1 Å². The number of benzene rings is 1. The number of amides is 1. The van der Waals surface area contributed by atoms with Crippen molar-refractivity contribution in [2.24, 2.45) is 0 Å². The van der Waals surface area contributed by atoms with Gasteiger partial charge in [-0.25, -0.2) is 13.4 Å². The SMILES string of the molecule is C[C@@H](NC(=O)c1ccc(N2CCCC2)nc1)c1ccc(S(C)(=O)=O)cc1. The molecular formula is C19H23N3O3S. The van der Waals surface area contributed by atoms with Gasteiger partial charge in [-0.3, -0.25) is 4.79 Å². The van der Waals surface area contributed by atoms with Crippen molar-refractivity contribution in [3.05, 3.63) is 53.7 Å². The van der Waals surface area contributed by atoms with Crippen LogP contribution < -0.4 is 10.2 Å². The third-order valence-corrected chi connectivity index (χ3v) is 5.72. The van der Waals surface area contributed by atoms with Crippen LogP contribution in [-0.2, 0) is 9.84 Å². The summed E-state index contributed by atoms with van der Waals surface area (Å²) in [5, 5.41) is 2.92. The lowest BCUT2D eigenvalue weighted by atomic mass is 10.1. The second-order valence-electron chi connectivity index (χ2n) is 6.64. The molecule has 138 valence electrons. The Morgan fingerprint density at radius 3 is 2.31 bits per heavy atom. The fraction of sp³-hybridized carbons (Fsp3) is 0.368. The average Bonchev–Trinajstić information content (AvgIpc) is 3.16. The molecule has 0 aliphatic carbocycles. The molecule has 1 aromatic heterocycles. The summed E-state index contributed by atoms with van der Waals surface area (Å²) in [4.78, 5) is 19.3. The lowest BCUT2D eigenvalue weighted by Gasteiger charge is -2.17. The van der Waals surface area contributed by atoms with Crippen LogP contribution in [-0.4, -0.2) is 38.7 Å². The first kappa shape index (κ1) is 18.4. The largest absolute Gasteiger partial charge is 0.357 e. The van der Waals surface area contributed by atoms with E-state index in [0.717, 1.165) is 24.5 Å². The molecule has 1 atom stereocenters. The van der Waals surface area contributed by atoms with Crippen LogP contribution in [0.1, 0.15) is 41.7 Å². The van der Waals surface area contributed by atoms with Gasteiger partial charge < -0.3 is 10.2 Å². The van der Waals surface area contributed by atoms with Crippen molar-refractivity contribution in [1.29, 1.82) is 0 Å². The van der Waals surface area contributed by atoms with Crippen molar-refractivity contribution in [3.8, 4) is 0 Å². The molecule has 0 radical (unpaired) electrons. The van der Waals surface area contributed by atoms with Gasteiger partial charge in [-0.05, 0) is 49.6 Å². The molecule has 1 saturated heterocycles. The lowest BCUT2D eigenvalue weighted by molar-refractivity contribution is 0.0939. The summed E-state index contributed by atoms with van der Waals surface area (Å²) in [6.07, 6.45) is 5.13. The van der Waals surface area contributed by atoms with E-state index in [-0.39, 0.29) is 16.8 Å². The highest BCUT2D eigenvalue weighted by atomic mass is 32.2. The second-order valence-corrected chi connectivity index (χ2v) is 8.65. The number of nitrogens with one attached hydrogen (secondary N) is 1. The minimum atomic E-state index is -3.22. The number of anilines is 1. The zero-order valence-corrected chi connectivity index (χ0v) is 15.8. The van der Waals surface area contributed by atoms with Gasteiger partial charge in [-0.15, -0.1) is 0 Å². The Balaban J connectivity index is 1.65. The van der Waals surface area contributed by atoms with Crippen molar-refractivity contribution in [2.45, 2.75) is 30.7 Å². The first-order valence-electron chi connectivity index (χ1n) is 8.66. The molecule has 1 aliphatic heterocycles. The molecule has 1 aromatic carbocycles. The third-order valence-electron chi connectivity index (χ3n) is 4.60. The smallest absolute Gasteiger partial charge is 0.253 e. The molecule has 0 saturated carbocycles. The molecule has 0 spiro atoms. The number of hydrogen-bond acceptors (Lipinski definition) is 5. The summed E-state index contributed by atoms with van der Waals surface area (Å²) in [7, 11) is -3.22. The van der Waals surface area contributed by atoms with Gasteiger partial charge in [0.1, 0.15) is 5.82 Å². The first-order chi connectivity index (χ1) is 12.3. The van der Waals surface area contributed by atoms with Crippen LogP contribution in [0.25, 0.3) is 0 Å². The monoisotopic (exact) mass is 373 g/mol. The van der Waals surface area contributed by atoms with Crippen LogP contribution in [0.2, 0.25) is 0 Å². The second kappa shape index (κ2) is 7.45. The third kappa shape index (κ3) is 4.22. The summed E-state index contributed by atoms with van der Waals surface area (Å²) in [6.45, 7) is 3.89. The summed E-state index contributed by atoms with van der Waals surface area (Å²) < 4.78 is 23.0. The highest BCUT2D eigenvalue weighted by Gasteiger charge is 2.16. The normalized spacial score (nSPS) is 15.7. The Morgan fingerprint density at radius 2 is 1.77 bits per heavy atom. The van der Waals surface area contributed by atoms with E-state index in [9.17, 15) is 13.2 Å². The summed E-state index contributed by atoms with van der Waals surface area (Å²) in [5.41, 5.74) is 1.35. The Kier molecular flexibility index (Phi) is 5.27. The maximum Gasteiger partial charge on any atom is 0.253 e. The highest BCUT2D eigenvalue weighted by molar-refractivity contribution is 7.90. The molecule has 3 rings (SSSR count). The Hall–Kier alpha value is -2.41. The quantitative estimate of drug-likeness (QED) is 0.871. The van der Waals surface area contributed by atoms with Crippen molar-refractivity contribution in [3.63, 3.8) is 0 Å². The Labute approximate surface area is 154 Å². The minimum Gasteiger partial charge on any atom is -0.357 e. The fourth-order valence-corrected chi connectivity index (χ4v) is 3.65.